The van der Waals surface area contributed by atoms with E-state index in [4.69, 9.17) is 0 Å². The van der Waals surface area contributed by atoms with E-state index in [0.29, 0.717) is 6.04 Å². The van der Waals surface area contributed by atoms with Gasteiger partial charge in [-0.1, -0.05) is 20.8 Å². The third-order valence-electron chi connectivity index (χ3n) is 4.10. The van der Waals surface area contributed by atoms with Gasteiger partial charge < -0.3 is 5.32 Å². The normalized spacial score (nSPS) is 20.6. The molecule has 0 spiro atoms. The van der Waals surface area contributed by atoms with E-state index in [1.807, 2.05) is 11.3 Å². The van der Waals surface area contributed by atoms with Gasteiger partial charge in [0, 0.05) is 34.9 Å². The van der Waals surface area contributed by atoms with Crippen molar-refractivity contribution < 1.29 is 0 Å². The second-order valence-corrected chi connectivity index (χ2v) is 7.35. The van der Waals surface area contributed by atoms with Crippen molar-refractivity contribution in [2.75, 3.05) is 6.54 Å². The molecule has 2 heterocycles. The number of thiophene rings is 1. The highest BCUT2D eigenvalue weighted by Gasteiger charge is 2.23. The predicted octanol–water partition coefficient (Wildman–Crippen LogP) is 3.93. The Balaban J connectivity index is 1.96. The summed E-state index contributed by atoms with van der Waals surface area (Å²) in [5.41, 5.74) is 1.55. The Bertz CT molecular complexity index is 397. The smallest absolute Gasteiger partial charge is 0.0302 e. The van der Waals surface area contributed by atoms with Gasteiger partial charge in [0.2, 0.25) is 0 Å². The summed E-state index contributed by atoms with van der Waals surface area (Å²) in [6.45, 7) is 12.5. The Hall–Kier alpha value is -0.380. The molecule has 0 aliphatic carbocycles. The zero-order valence-electron chi connectivity index (χ0n) is 12.8. The molecule has 0 radical (unpaired) electrons. The molecule has 0 bridgehead atoms. The first-order valence-corrected chi connectivity index (χ1v) is 8.47. The molecule has 0 amide bonds. The van der Waals surface area contributed by atoms with Crippen molar-refractivity contribution >= 4 is 11.3 Å². The van der Waals surface area contributed by atoms with E-state index in [1.54, 1.807) is 5.56 Å². The van der Waals surface area contributed by atoms with E-state index in [0.717, 1.165) is 19.1 Å². The number of nitrogens with one attached hydrogen (secondary N) is 1. The van der Waals surface area contributed by atoms with Crippen LogP contribution in [0.25, 0.3) is 0 Å². The van der Waals surface area contributed by atoms with Crippen molar-refractivity contribution in [1.82, 2.24) is 10.2 Å². The van der Waals surface area contributed by atoms with Crippen LogP contribution in [-0.2, 0) is 13.1 Å². The van der Waals surface area contributed by atoms with Gasteiger partial charge in [0.05, 0.1) is 0 Å². The van der Waals surface area contributed by atoms with Crippen molar-refractivity contribution in [2.24, 2.45) is 0 Å². The van der Waals surface area contributed by atoms with Gasteiger partial charge in [-0.2, -0.15) is 0 Å². The second kappa shape index (κ2) is 6.87. The van der Waals surface area contributed by atoms with Gasteiger partial charge in [0.15, 0.2) is 0 Å². The van der Waals surface area contributed by atoms with Crippen molar-refractivity contribution in [3.63, 3.8) is 0 Å². The molecule has 1 aromatic heterocycles. The summed E-state index contributed by atoms with van der Waals surface area (Å²) in [5.74, 6) is 0. The van der Waals surface area contributed by atoms with Gasteiger partial charge in [-0.25, -0.2) is 0 Å². The molecule has 1 aromatic rings. The lowest BCUT2D eigenvalue weighted by atomic mass is 10.1. The molecule has 2 nitrogen and oxygen atoms in total. The number of hydrogen-bond acceptors (Lipinski definition) is 3. The Morgan fingerprint density at radius 1 is 1.47 bits per heavy atom. The Kier molecular flexibility index (Phi) is 5.43. The lowest BCUT2D eigenvalue weighted by molar-refractivity contribution is 0.240. The number of hydrogen-bond donors (Lipinski definition) is 1. The van der Waals surface area contributed by atoms with E-state index < -0.39 is 0 Å². The molecule has 1 unspecified atom stereocenters. The Morgan fingerprint density at radius 3 is 2.95 bits per heavy atom. The maximum atomic E-state index is 3.51. The van der Waals surface area contributed by atoms with E-state index >= 15 is 0 Å². The highest BCUT2D eigenvalue weighted by atomic mass is 32.1. The minimum Gasteiger partial charge on any atom is -0.310 e. The van der Waals surface area contributed by atoms with Crippen LogP contribution in [0.1, 0.15) is 55.4 Å². The first-order valence-electron chi connectivity index (χ1n) is 7.65. The van der Waals surface area contributed by atoms with Crippen LogP contribution >= 0.6 is 11.3 Å². The minimum absolute atomic E-state index is 0.564. The van der Waals surface area contributed by atoms with Gasteiger partial charge in [0.25, 0.3) is 0 Å². The minimum atomic E-state index is 0.564. The Morgan fingerprint density at radius 2 is 2.26 bits per heavy atom. The zero-order chi connectivity index (χ0) is 13.8. The molecule has 1 atom stereocenters. The number of rotatable bonds is 6. The van der Waals surface area contributed by atoms with E-state index in [9.17, 15) is 0 Å². The van der Waals surface area contributed by atoms with Crippen molar-refractivity contribution in [3.8, 4) is 0 Å². The van der Waals surface area contributed by atoms with E-state index in [2.05, 4.69) is 44.0 Å². The van der Waals surface area contributed by atoms with Gasteiger partial charge in [0.1, 0.15) is 0 Å². The summed E-state index contributed by atoms with van der Waals surface area (Å²) in [6, 6.07) is 3.80. The molecule has 1 N–H and O–H groups in total. The molecule has 1 fully saturated rings. The van der Waals surface area contributed by atoms with Crippen LogP contribution in [0.2, 0.25) is 0 Å². The summed E-state index contributed by atoms with van der Waals surface area (Å²) in [6.07, 6.45) is 4.07. The highest BCUT2D eigenvalue weighted by Crippen LogP contribution is 2.27. The summed E-state index contributed by atoms with van der Waals surface area (Å²) in [7, 11) is 0. The number of aryl methyl sites for hydroxylation is 1. The number of likely N-dealkylation sites (tertiary alicyclic amines) is 1. The van der Waals surface area contributed by atoms with Gasteiger partial charge in [-0.15, -0.1) is 11.3 Å². The van der Waals surface area contributed by atoms with Crippen LogP contribution in [-0.4, -0.2) is 23.5 Å². The molecule has 1 saturated heterocycles. The molecular formula is C16H28N2S. The van der Waals surface area contributed by atoms with Crippen molar-refractivity contribution in [1.29, 1.82) is 0 Å². The molecule has 108 valence electrons. The average molecular weight is 280 g/mol. The zero-order valence-corrected chi connectivity index (χ0v) is 13.6. The van der Waals surface area contributed by atoms with Crippen LogP contribution in [0.4, 0.5) is 0 Å². The first-order chi connectivity index (χ1) is 9.10. The topological polar surface area (TPSA) is 15.3 Å². The second-order valence-electron chi connectivity index (χ2n) is 6.00. The monoisotopic (exact) mass is 280 g/mol. The fourth-order valence-corrected chi connectivity index (χ4v) is 3.93. The summed E-state index contributed by atoms with van der Waals surface area (Å²) >= 11 is 1.96. The summed E-state index contributed by atoms with van der Waals surface area (Å²) in [4.78, 5) is 5.66. The van der Waals surface area contributed by atoms with Gasteiger partial charge >= 0.3 is 0 Å². The fraction of sp³-hybridized carbons (Fsp3) is 0.750. The average Bonchev–Trinajstić information content (AvgIpc) is 2.95. The molecular weight excluding hydrogens is 252 g/mol. The lowest BCUT2D eigenvalue weighted by Gasteiger charge is -2.23. The molecule has 19 heavy (non-hydrogen) atoms. The fourth-order valence-electron chi connectivity index (χ4n) is 2.92. The summed E-state index contributed by atoms with van der Waals surface area (Å²) in [5, 5.41) is 3.51. The quantitative estimate of drug-likeness (QED) is 0.849. The largest absolute Gasteiger partial charge is 0.310 e. The third-order valence-corrected chi connectivity index (χ3v) is 5.19. The maximum Gasteiger partial charge on any atom is 0.0302 e. The molecule has 1 aliphatic rings. The first kappa shape index (κ1) is 15.0. The van der Waals surface area contributed by atoms with Crippen LogP contribution in [0, 0.1) is 6.92 Å². The van der Waals surface area contributed by atoms with Crippen LogP contribution < -0.4 is 5.32 Å². The highest BCUT2D eigenvalue weighted by molar-refractivity contribution is 7.12. The molecule has 3 heteroatoms. The van der Waals surface area contributed by atoms with E-state index in [1.165, 1.54) is 35.6 Å². The van der Waals surface area contributed by atoms with Gasteiger partial charge in [-0.05, 0) is 44.4 Å². The molecule has 1 aliphatic heterocycles. The standard InChI is InChI=1S/C16H28N2S/c1-5-15-7-6-8-18(15)11-14-9-16(19-13(14)4)10-17-12(2)3/h9,12,15,17H,5-8,10-11H2,1-4H3. The van der Waals surface area contributed by atoms with E-state index in [-0.39, 0.29) is 0 Å². The Labute approximate surface area is 122 Å². The van der Waals surface area contributed by atoms with Gasteiger partial charge in [-0.3, -0.25) is 4.90 Å². The van der Waals surface area contributed by atoms with Crippen LogP contribution in [0.3, 0.4) is 0 Å². The van der Waals surface area contributed by atoms with Crippen LogP contribution in [0.5, 0.6) is 0 Å². The van der Waals surface area contributed by atoms with Crippen LogP contribution in [0.15, 0.2) is 6.07 Å². The molecule has 0 aromatic carbocycles. The summed E-state index contributed by atoms with van der Waals surface area (Å²) < 4.78 is 0. The van der Waals surface area contributed by atoms with Crippen molar-refractivity contribution in [2.45, 2.75) is 72.1 Å². The maximum absolute atomic E-state index is 3.51. The molecule has 0 saturated carbocycles. The number of nitrogens with zero attached hydrogens (tertiary/aromatic N) is 1. The molecule has 2 rings (SSSR count). The lowest BCUT2D eigenvalue weighted by Crippen LogP contribution is -2.28. The predicted molar refractivity (Wildman–Crippen MR) is 84.8 cm³/mol. The SMILES string of the molecule is CCC1CCCN1Cc1cc(CNC(C)C)sc1C. The third kappa shape index (κ3) is 4.04. The van der Waals surface area contributed by atoms with Crippen molar-refractivity contribution in [3.05, 3.63) is 21.4 Å².